The SMILES string of the molecule is CCCC[C@@](N)(C(C)=O)C(=O)O. The number of ketones is 1. The Hall–Kier alpha value is -0.900. The van der Waals surface area contributed by atoms with E-state index in [1.807, 2.05) is 6.92 Å². The van der Waals surface area contributed by atoms with Gasteiger partial charge in [0.2, 0.25) is 0 Å². The molecule has 1 atom stereocenters. The summed E-state index contributed by atoms with van der Waals surface area (Å²) < 4.78 is 0. The van der Waals surface area contributed by atoms with Crippen molar-refractivity contribution in [2.45, 2.75) is 38.6 Å². The molecule has 0 aromatic heterocycles. The lowest BCUT2D eigenvalue weighted by Crippen LogP contribution is -2.53. The number of carboxylic acid groups (broad SMARTS) is 1. The van der Waals surface area contributed by atoms with Crippen molar-refractivity contribution in [2.75, 3.05) is 0 Å². The van der Waals surface area contributed by atoms with Crippen LogP contribution in [0.4, 0.5) is 0 Å². The molecule has 0 spiro atoms. The molecule has 0 unspecified atom stereocenters. The van der Waals surface area contributed by atoms with Crippen molar-refractivity contribution in [1.29, 1.82) is 0 Å². The number of carbonyl (C=O) groups excluding carboxylic acids is 1. The molecule has 3 N–H and O–H groups in total. The largest absolute Gasteiger partial charge is 0.480 e. The molecule has 0 bridgehead atoms. The summed E-state index contributed by atoms with van der Waals surface area (Å²) in [6, 6.07) is 0. The van der Waals surface area contributed by atoms with Crippen molar-refractivity contribution >= 4 is 11.8 Å². The highest BCUT2D eigenvalue weighted by molar-refractivity contribution is 6.06. The standard InChI is InChI=1S/C8H15NO3/c1-3-4-5-8(9,6(2)10)7(11)12/h3-5,9H2,1-2H3,(H,11,12)/t8-/m1/s1. The highest BCUT2D eigenvalue weighted by atomic mass is 16.4. The molecule has 0 aliphatic heterocycles. The molecule has 0 heterocycles. The molecule has 0 aliphatic rings. The van der Waals surface area contributed by atoms with E-state index in [1.165, 1.54) is 6.92 Å². The molecule has 0 aliphatic carbocycles. The minimum Gasteiger partial charge on any atom is -0.480 e. The Labute approximate surface area is 71.8 Å². The summed E-state index contributed by atoms with van der Waals surface area (Å²) in [5.74, 6) is -1.72. The fourth-order valence-corrected chi connectivity index (χ4v) is 0.889. The fraction of sp³-hybridized carbons (Fsp3) is 0.750. The molecular formula is C8H15NO3. The van der Waals surface area contributed by atoms with E-state index < -0.39 is 17.3 Å². The van der Waals surface area contributed by atoms with Crippen LogP contribution in [-0.4, -0.2) is 22.4 Å². The molecule has 0 saturated carbocycles. The molecule has 4 heteroatoms. The molecule has 0 amide bonds. The number of hydrogen-bond donors (Lipinski definition) is 2. The third kappa shape index (κ3) is 2.30. The van der Waals surface area contributed by atoms with Gasteiger partial charge in [-0.3, -0.25) is 4.79 Å². The molecule has 0 aromatic rings. The first-order chi connectivity index (χ1) is 5.45. The smallest absolute Gasteiger partial charge is 0.331 e. The van der Waals surface area contributed by atoms with Crippen LogP contribution in [0, 0.1) is 0 Å². The Morgan fingerprint density at radius 2 is 2.00 bits per heavy atom. The highest BCUT2D eigenvalue weighted by Crippen LogP contribution is 2.12. The van der Waals surface area contributed by atoms with Crippen molar-refractivity contribution in [3.05, 3.63) is 0 Å². The highest BCUT2D eigenvalue weighted by Gasteiger charge is 2.38. The van der Waals surface area contributed by atoms with Gasteiger partial charge >= 0.3 is 5.97 Å². The summed E-state index contributed by atoms with van der Waals surface area (Å²) in [7, 11) is 0. The summed E-state index contributed by atoms with van der Waals surface area (Å²) in [5, 5.41) is 8.68. The molecule has 12 heavy (non-hydrogen) atoms. The quantitative estimate of drug-likeness (QED) is 0.595. The van der Waals surface area contributed by atoms with Crippen LogP contribution in [-0.2, 0) is 9.59 Å². The van der Waals surface area contributed by atoms with Gasteiger partial charge in [-0.2, -0.15) is 0 Å². The first kappa shape index (κ1) is 11.1. The van der Waals surface area contributed by atoms with Crippen LogP contribution in [0.3, 0.4) is 0 Å². The molecular weight excluding hydrogens is 158 g/mol. The fourth-order valence-electron chi connectivity index (χ4n) is 0.889. The van der Waals surface area contributed by atoms with Gasteiger partial charge in [-0.25, -0.2) is 4.79 Å². The van der Waals surface area contributed by atoms with Crippen LogP contribution in [0.1, 0.15) is 33.1 Å². The third-order valence-electron chi connectivity index (χ3n) is 1.93. The number of hydrogen-bond acceptors (Lipinski definition) is 3. The lowest BCUT2D eigenvalue weighted by Gasteiger charge is -2.20. The Morgan fingerprint density at radius 1 is 1.50 bits per heavy atom. The number of nitrogens with two attached hydrogens (primary N) is 1. The van der Waals surface area contributed by atoms with Gasteiger partial charge in [-0.05, 0) is 13.3 Å². The van der Waals surface area contributed by atoms with Crippen molar-refractivity contribution in [2.24, 2.45) is 5.73 Å². The van der Waals surface area contributed by atoms with Crippen molar-refractivity contribution in [3.8, 4) is 0 Å². The van der Waals surface area contributed by atoms with E-state index in [1.54, 1.807) is 0 Å². The Kier molecular flexibility index (Phi) is 3.89. The van der Waals surface area contributed by atoms with Crippen LogP contribution in [0.2, 0.25) is 0 Å². The van der Waals surface area contributed by atoms with Gasteiger partial charge in [0.1, 0.15) is 0 Å². The van der Waals surface area contributed by atoms with E-state index in [0.29, 0.717) is 6.42 Å². The van der Waals surface area contributed by atoms with E-state index >= 15 is 0 Å². The number of rotatable bonds is 5. The van der Waals surface area contributed by atoms with E-state index in [-0.39, 0.29) is 6.42 Å². The maximum atomic E-state index is 10.9. The maximum absolute atomic E-state index is 10.9. The second-order valence-corrected chi connectivity index (χ2v) is 2.94. The summed E-state index contributed by atoms with van der Waals surface area (Å²) in [6.45, 7) is 3.13. The minimum atomic E-state index is -1.67. The molecule has 0 aromatic carbocycles. The van der Waals surface area contributed by atoms with Gasteiger partial charge in [-0.1, -0.05) is 19.8 Å². The monoisotopic (exact) mass is 173 g/mol. The van der Waals surface area contributed by atoms with Gasteiger partial charge in [0.25, 0.3) is 0 Å². The first-order valence-corrected chi connectivity index (χ1v) is 3.98. The summed E-state index contributed by atoms with van der Waals surface area (Å²) in [4.78, 5) is 21.5. The average molecular weight is 173 g/mol. The predicted octanol–water partition coefficient (Wildman–Crippen LogP) is 0.548. The molecule has 0 radical (unpaired) electrons. The lowest BCUT2D eigenvalue weighted by atomic mass is 9.90. The maximum Gasteiger partial charge on any atom is 0.331 e. The van der Waals surface area contributed by atoms with E-state index in [0.717, 1.165) is 6.42 Å². The van der Waals surface area contributed by atoms with E-state index in [4.69, 9.17) is 10.8 Å². The lowest BCUT2D eigenvalue weighted by molar-refractivity contribution is -0.148. The summed E-state index contributed by atoms with van der Waals surface area (Å²) in [6.07, 6.45) is 1.70. The normalized spacial score (nSPS) is 15.2. The number of carboxylic acids is 1. The van der Waals surface area contributed by atoms with Crippen LogP contribution in [0.25, 0.3) is 0 Å². The predicted molar refractivity (Wildman–Crippen MR) is 44.8 cm³/mol. The summed E-state index contributed by atoms with van der Waals surface area (Å²) >= 11 is 0. The second-order valence-electron chi connectivity index (χ2n) is 2.94. The van der Waals surface area contributed by atoms with Gasteiger partial charge in [0.15, 0.2) is 11.3 Å². The third-order valence-corrected chi connectivity index (χ3v) is 1.93. The van der Waals surface area contributed by atoms with Crippen molar-refractivity contribution in [3.63, 3.8) is 0 Å². The second kappa shape index (κ2) is 4.21. The van der Waals surface area contributed by atoms with Gasteiger partial charge in [-0.15, -0.1) is 0 Å². The number of carbonyl (C=O) groups is 2. The molecule has 4 nitrogen and oxygen atoms in total. The van der Waals surface area contributed by atoms with Crippen LogP contribution < -0.4 is 5.73 Å². The van der Waals surface area contributed by atoms with Crippen molar-refractivity contribution in [1.82, 2.24) is 0 Å². The molecule has 70 valence electrons. The summed E-state index contributed by atoms with van der Waals surface area (Å²) in [5.41, 5.74) is 3.75. The zero-order valence-corrected chi connectivity index (χ0v) is 7.46. The Morgan fingerprint density at radius 3 is 2.25 bits per heavy atom. The topological polar surface area (TPSA) is 80.4 Å². The van der Waals surface area contributed by atoms with Gasteiger partial charge in [0.05, 0.1) is 0 Å². The van der Waals surface area contributed by atoms with Gasteiger partial charge in [0, 0.05) is 0 Å². The molecule has 0 rings (SSSR count). The van der Waals surface area contributed by atoms with E-state index in [9.17, 15) is 9.59 Å². The Balaban J connectivity index is 4.40. The van der Waals surface area contributed by atoms with Crippen LogP contribution in [0.15, 0.2) is 0 Å². The zero-order chi connectivity index (χ0) is 9.78. The van der Waals surface area contributed by atoms with Crippen LogP contribution >= 0.6 is 0 Å². The van der Waals surface area contributed by atoms with Gasteiger partial charge < -0.3 is 10.8 Å². The van der Waals surface area contributed by atoms with E-state index in [2.05, 4.69) is 0 Å². The number of aliphatic carboxylic acids is 1. The molecule has 0 fully saturated rings. The zero-order valence-electron chi connectivity index (χ0n) is 7.46. The van der Waals surface area contributed by atoms with Crippen LogP contribution in [0.5, 0.6) is 0 Å². The minimum absolute atomic E-state index is 0.216. The average Bonchev–Trinajstić information content (AvgIpc) is 1.99. The number of unbranched alkanes of at least 4 members (excludes halogenated alkanes) is 1. The number of Topliss-reactive ketones (excluding diaryl/α,β-unsaturated/α-hetero) is 1. The van der Waals surface area contributed by atoms with Crippen molar-refractivity contribution < 1.29 is 14.7 Å². The Bertz CT molecular complexity index is 175. The first-order valence-electron chi connectivity index (χ1n) is 3.98. The molecule has 0 saturated heterocycles.